The number of likely N-dealkylation sites (tertiary alicyclic amines) is 1. The van der Waals surface area contributed by atoms with E-state index in [1.807, 2.05) is 17.2 Å². The van der Waals surface area contributed by atoms with E-state index < -0.39 is 0 Å². The molecule has 0 unspecified atom stereocenters. The minimum Gasteiger partial charge on any atom is -0.458 e. The predicted octanol–water partition coefficient (Wildman–Crippen LogP) is 4.01. The molecule has 2 atom stereocenters. The van der Waals surface area contributed by atoms with Gasteiger partial charge in [0, 0.05) is 29.2 Å². The van der Waals surface area contributed by atoms with E-state index in [9.17, 15) is 4.79 Å². The van der Waals surface area contributed by atoms with Crippen molar-refractivity contribution >= 4 is 16.9 Å². The first-order valence-electron chi connectivity index (χ1n) is 8.92. The number of carbonyl (C=O) groups excluding carboxylic acids is 1. The standard InChI is InChI=1S/C19H22N4O2/c1-3-13-5-6-14(4-2)23(13)19(24)16-9-12(10-25-16)17-15-7-8-20-18(15)22-11-21-17/h7-11,13-14H,3-6H2,1-2H3,(H,20,21,22)/t13-,14-/m1/s1. The highest BCUT2D eigenvalue weighted by Crippen LogP contribution is 2.32. The van der Waals surface area contributed by atoms with Gasteiger partial charge in [-0.05, 0) is 37.8 Å². The zero-order chi connectivity index (χ0) is 17.4. The summed E-state index contributed by atoms with van der Waals surface area (Å²) in [6.07, 6.45) is 9.06. The summed E-state index contributed by atoms with van der Waals surface area (Å²) in [7, 11) is 0. The molecule has 130 valence electrons. The maximum absolute atomic E-state index is 13.0. The van der Waals surface area contributed by atoms with Gasteiger partial charge in [-0.2, -0.15) is 0 Å². The summed E-state index contributed by atoms with van der Waals surface area (Å²) in [6, 6.07) is 4.34. The Balaban J connectivity index is 1.67. The average molecular weight is 338 g/mol. The van der Waals surface area contributed by atoms with Crippen LogP contribution in [0.3, 0.4) is 0 Å². The molecule has 1 fully saturated rings. The molecule has 4 heterocycles. The quantitative estimate of drug-likeness (QED) is 0.780. The molecule has 3 aromatic rings. The van der Waals surface area contributed by atoms with E-state index in [1.54, 1.807) is 12.3 Å². The molecule has 1 aliphatic rings. The van der Waals surface area contributed by atoms with E-state index in [-0.39, 0.29) is 5.91 Å². The van der Waals surface area contributed by atoms with Crippen molar-refractivity contribution in [2.24, 2.45) is 0 Å². The molecule has 0 radical (unpaired) electrons. The second kappa shape index (κ2) is 6.35. The van der Waals surface area contributed by atoms with Crippen LogP contribution in [0.15, 0.2) is 35.3 Å². The van der Waals surface area contributed by atoms with Crippen molar-refractivity contribution in [2.45, 2.75) is 51.6 Å². The third-order valence-corrected chi connectivity index (χ3v) is 5.23. The lowest BCUT2D eigenvalue weighted by atomic mass is 10.1. The fourth-order valence-electron chi connectivity index (χ4n) is 3.90. The first kappa shape index (κ1) is 15.9. The van der Waals surface area contributed by atoms with Crippen LogP contribution in [0, 0.1) is 0 Å². The highest BCUT2D eigenvalue weighted by Gasteiger charge is 2.36. The molecule has 1 amide bonds. The van der Waals surface area contributed by atoms with Gasteiger partial charge in [0.2, 0.25) is 0 Å². The molecular weight excluding hydrogens is 316 g/mol. The summed E-state index contributed by atoms with van der Waals surface area (Å²) in [5, 5.41) is 0.918. The number of aromatic amines is 1. The summed E-state index contributed by atoms with van der Waals surface area (Å²) in [6.45, 7) is 4.28. The SMILES string of the molecule is CC[C@@H]1CC[C@@H](CC)N1C(=O)c1cc(-c2ncnc3[nH]ccc23)co1. The Labute approximate surface area is 146 Å². The van der Waals surface area contributed by atoms with Crippen molar-refractivity contribution in [3.8, 4) is 11.3 Å². The Morgan fingerprint density at radius 2 is 2.04 bits per heavy atom. The lowest BCUT2D eigenvalue weighted by molar-refractivity contribution is 0.0626. The van der Waals surface area contributed by atoms with Crippen molar-refractivity contribution in [3.63, 3.8) is 0 Å². The Kier molecular flexibility index (Phi) is 4.03. The van der Waals surface area contributed by atoms with Gasteiger partial charge in [-0.25, -0.2) is 9.97 Å². The number of nitrogens with zero attached hydrogens (tertiary/aromatic N) is 3. The molecule has 0 bridgehead atoms. The molecule has 3 aromatic heterocycles. The molecule has 25 heavy (non-hydrogen) atoms. The van der Waals surface area contributed by atoms with Crippen LogP contribution in [0.25, 0.3) is 22.3 Å². The summed E-state index contributed by atoms with van der Waals surface area (Å²) in [5.41, 5.74) is 2.35. The van der Waals surface area contributed by atoms with Crippen molar-refractivity contribution in [1.29, 1.82) is 0 Å². The van der Waals surface area contributed by atoms with E-state index in [4.69, 9.17) is 4.42 Å². The van der Waals surface area contributed by atoms with Gasteiger partial charge in [-0.3, -0.25) is 4.79 Å². The summed E-state index contributed by atoms with van der Waals surface area (Å²) in [4.78, 5) is 26.7. The maximum Gasteiger partial charge on any atom is 0.290 e. The number of furan rings is 1. The molecule has 0 saturated carbocycles. The number of carbonyl (C=O) groups is 1. The van der Waals surface area contributed by atoms with Crippen LogP contribution in [-0.2, 0) is 0 Å². The largest absolute Gasteiger partial charge is 0.458 e. The van der Waals surface area contributed by atoms with Crippen molar-refractivity contribution < 1.29 is 9.21 Å². The second-order valence-electron chi connectivity index (χ2n) is 6.58. The highest BCUT2D eigenvalue weighted by molar-refractivity contribution is 5.95. The Hall–Kier alpha value is -2.63. The van der Waals surface area contributed by atoms with Gasteiger partial charge in [0.15, 0.2) is 5.76 Å². The van der Waals surface area contributed by atoms with Gasteiger partial charge in [-0.1, -0.05) is 13.8 Å². The summed E-state index contributed by atoms with van der Waals surface area (Å²) >= 11 is 0. The van der Waals surface area contributed by atoms with E-state index in [0.29, 0.717) is 17.8 Å². The zero-order valence-corrected chi connectivity index (χ0v) is 14.5. The maximum atomic E-state index is 13.0. The molecule has 1 saturated heterocycles. The van der Waals surface area contributed by atoms with Crippen LogP contribution in [0.1, 0.15) is 50.1 Å². The fraction of sp³-hybridized carbons (Fsp3) is 0.421. The molecule has 0 aliphatic carbocycles. The van der Waals surface area contributed by atoms with E-state index in [2.05, 4.69) is 28.8 Å². The topological polar surface area (TPSA) is 75.0 Å². The molecule has 6 heteroatoms. The molecule has 6 nitrogen and oxygen atoms in total. The predicted molar refractivity (Wildman–Crippen MR) is 95.2 cm³/mol. The molecule has 0 aromatic carbocycles. The number of aromatic nitrogens is 3. The lowest BCUT2D eigenvalue weighted by Crippen LogP contribution is -2.40. The molecular formula is C19H22N4O2. The first-order chi connectivity index (χ1) is 12.2. The third-order valence-electron chi connectivity index (χ3n) is 5.23. The summed E-state index contributed by atoms with van der Waals surface area (Å²) < 4.78 is 5.64. The van der Waals surface area contributed by atoms with Crippen molar-refractivity contribution in [2.75, 3.05) is 0 Å². The number of hydrogen-bond donors (Lipinski definition) is 1. The number of hydrogen-bond acceptors (Lipinski definition) is 4. The number of amides is 1. The number of rotatable bonds is 4. The minimum absolute atomic E-state index is 0.0122. The van der Waals surface area contributed by atoms with E-state index >= 15 is 0 Å². The first-order valence-corrected chi connectivity index (χ1v) is 8.92. The Morgan fingerprint density at radius 1 is 1.28 bits per heavy atom. The minimum atomic E-state index is -0.0122. The Bertz CT molecular complexity index is 886. The van der Waals surface area contributed by atoms with Gasteiger partial charge >= 0.3 is 0 Å². The molecule has 1 N–H and O–H groups in total. The summed E-state index contributed by atoms with van der Waals surface area (Å²) in [5.74, 6) is 0.373. The van der Waals surface area contributed by atoms with E-state index in [1.165, 1.54) is 6.33 Å². The number of H-pyrrole nitrogens is 1. The highest BCUT2D eigenvalue weighted by atomic mass is 16.3. The van der Waals surface area contributed by atoms with Crippen LogP contribution in [0.4, 0.5) is 0 Å². The normalized spacial score (nSPS) is 20.5. The third kappa shape index (κ3) is 2.62. The van der Waals surface area contributed by atoms with Gasteiger partial charge in [0.25, 0.3) is 5.91 Å². The van der Waals surface area contributed by atoms with Crippen LogP contribution in [0.5, 0.6) is 0 Å². The van der Waals surface area contributed by atoms with Crippen molar-refractivity contribution in [1.82, 2.24) is 19.9 Å². The van der Waals surface area contributed by atoms with Gasteiger partial charge < -0.3 is 14.3 Å². The zero-order valence-electron chi connectivity index (χ0n) is 14.5. The Morgan fingerprint density at radius 3 is 2.76 bits per heavy atom. The smallest absolute Gasteiger partial charge is 0.290 e. The van der Waals surface area contributed by atoms with Crippen LogP contribution in [-0.4, -0.2) is 37.8 Å². The lowest BCUT2D eigenvalue weighted by Gasteiger charge is -2.28. The number of nitrogens with one attached hydrogen (secondary N) is 1. The van der Waals surface area contributed by atoms with Crippen LogP contribution >= 0.6 is 0 Å². The average Bonchev–Trinajstić information content (AvgIpc) is 3.38. The van der Waals surface area contributed by atoms with Gasteiger partial charge in [0.05, 0.1) is 5.69 Å². The fourth-order valence-corrected chi connectivity index (χ4v) is 3.90. The van der Waals surface area contributed by atoms with E-state index in [0.717, 1.165) is 48.0 Å². The second-order valence-corrected chi connectivity index (χ2v) is 6.58. The molecule has 1 aliphatic heterocycles. The van der Waals surface area contributed by atoms with Crippen LogP contribution < -0.4 is 0 Å². The number of fused-ring (bicyclic) bond motifs is 1. The molecule has 4 rings (SSSR count). The molecule has 0 spiro atoms. The van der Waals surface area contributed by atoms with Gasteiger partial charge in [-0.15, -0.1) is 0 Å². The monoisotopic (exact) mass is 338 g/mol. The van der Waals surface area contributed by atoms with Gasteiger partial charge in [0.1, 0.15) is 18.2 Å². The van der Waals surface area contributed by atoms with Crippen LogP contribution in [0.2, 0.25) is 0 Å². The van der Waals surface area contributed by atoms with Crippen molar-refractivity contribution in [3.05, 3.63) is 36.7 Å².